The molecule has 0 spiro atoms. The van der Waals surface area contributed by atoms with Crippen LogP contribution >= 0.6 is 0 Å². The number of hydrogen-bond donors (Lipinski definition) is 1. The minimum Gasteiger partial charge on any atom is -0.320 e. The molecule has 0 bridgehead atoms. The number of aromatic nitrogens is 7. The molecule has 1 N–H and O–H groups in total. The zero-order valence-corrected chi connectivity index (χ0v) is 16.9. The zero-order valence-electron chi connectivity index (χ0n) is 16.9. The minimum atomic E-state index is 0.663. The summed E-state index contributed by atoms with van der Waals surface area (Å²) in [5.74, 6) is 1.39. The third-order valence-electron chi connectivity index (χ3n) is 3.39. The van der Waals surface area contributed by atoms with Crippen LogP contribution in [0.4, 0.5) is 11.6 Å². The first-order valence-electron chi connectivity index (χ1n) is 9.20. The summed E-state index contributed by atoms with van der Waals surface area (Å²) in [6.45, 7) is 8.25. The summed E-state index contributed by atoms with van der Waals surface area (Å²) in [6, 6.07) is 1.89. The topological polar surface area (TPSA) is 77.9 Å². The normalized spacial score (nSPS) is 10.0. The van der Waals surface area contributed by atoms with Crippen LogP contribution in [0.1, 0.15) is 34.1 Å². The minimum absolute atomic E-state index is 0.663. The lowest BCUT2D eigenvalue weighted by Crippen LogP contribution is -1.99. The van der Waals surface area contributed by atoms with Gasteiger partial charge >= 0.3 is 0 Å². The Bertz CT molecular complexity index is 963. The van der Waals surface area contributed by atoms with Crippen LogP contribution in [0.3, 0.4) is 0 Å². The van der Waals surface area contributed by atoms with Gasteiger partial charge in [0.15, 0.2) is 17.3 Å². The lowest BCUT2D eigenvalue weighted by Gasteiger charge is -2.04. The second-order valence-electron chi connectivity index (χ2n) is 5.72. The van der Waals surface area contributed by atoms with E-state index in [0.29, 0.717) is 5.82 Å². The maximum absolute atomic E-state index is 4.47. The summed E-state index contributed by atoms with van der Waals surface area (Å²) < 4.78 is 5.48. The van der Waals surface area contributed by atoms with Crippen molar-refractivity contribution in [3.05, 3.63) is 43.2 Å². The summed E-state index contributed by atoms with van der Waals surface area (Å²) in [5, 5.41) is 11.7. The Labute approximate surface area is 159 Å². The molecule has 0 aliphatic heterocycles. The van der Waals surface area contributed by atoms with Crippen molar-refractivity contribution in [2.45, 2.75) is 34.1 Å². The molecule has 27 heavy (non-hydrogen) atoms. The molecule has 0 aliphatic carbocycles. The van der Waals surface area contributed by atoms with E-state index in [2.05, 4.69) is 39.3 Å². The van der Waals surface area contributed by atoms with E-state index in [1.807, 2.05) is 69.4 Å². The number of nitrogens with zero attached hydrogens (tertiary/aromatic N) is 7. The third-order valence-corrected chi connectivity index (χ3v) is 3.39. The molecule has 0 unspecified atom stereocenters. The quantitative estimate of drug-likeness (QED) is 0.590. The number of aryl methyl sites for hydroxylation is 2. The Hall–Kier alpha value is -3.16. The van der Waals surface area contributed by atoms with Crippen LogP contribution in [0, 0.1) is 0 Å². The highest BCUT2D eigenvalue weighted by Gasteiger charge is 2.12. The SMILES string of the molecule is CC.CCC.Cn1cc(-c2cnc3c(Nc4ccn(C)n4)nccn23)cn1. The van der Waals surface area contributed by atoms with E-state index in [4.69, 9.17) is 0 Å². The molecular formula is C19H28N8. The van der Waals surface area contributed by atoms with E-state index in [1.165, 1.54) is 6.42 Å². The first-order chi connectivity index (χ1) is 13.1. The monoisotopic (exact) mass is 368 g/mol. The molecule has 4 aromatic heterocycles. The average Bonchev–Trinajstić information content (AvgIpc) is 3.38. The van der Waals surface area contributed by atoms with Crippen molar-refractivity contribution in [1.29, 1.82) is 0 Å². The molecule has 4 rings (SSSR count). The summed E-state index contributed by atoms with van der Waals surface area (Å²) in [7, 11) is 3.76. The lowest BCUT2D eigenvalue weighted by atomic mass is 10.3. The average molecular weight is 368 g/mol. The lowest BCUT2D eigenvalue weighted by molar-refractivity contribution is 0.768. The van der Waals surface area contributed by atoms with Crippen molar-refractivity contribution in [2.24, 2.45) is 14.1 Å². The Kier molecular flexibility index (Phi) is 7.10. The molecule has 0 saturated heterocycles. The zero-order chi connectivity index (χ0) is 19.8. The molecule has 0 radical (unpaired) electrons. The fraction of sp³-hybridized carbons (Fsp3) is 0.368. The number of fused-ring (bicyclic) bond motifs is 1. The molecule has 0 saturated carbocycles. The molecule has 0 aliphatic rings. The second kappa shape index (κ2) is 9.51. The van der Waals surface area contributed by atoms with Gasteiger partial charge in [-0.1, -0.05) is 34.1 Å². The van der Waals surface area contributed by atoms with Gasteiger partial charge < -0.3 is 5.32 Å². The van der Waals surface area contributed by atoms with Gasteiger partial charge in [0.25, 0.3) is 0 Å². The molecule has 0 atom stereocenters. The molecule has 8 heteroatoms. The van der Waals surface area contributed by atoms with Gasteiger partial charge in [-0.15, -0.1) is 0 Å². The Balaban J connectivity index is 0.000000478. The van der Waals surface area contributed by atoms with Gasteiger partial charge in [0.2, 0.25) is 0 Å². The summed E-state index contributed by atoms with van der Waals surface area (Å²) in [6.07, 6.45) is 12.3. The molecule has 8 nitrogen and oxygen atoms in total. The van der Waals surface area contributed by atoms with E-state index < -0.39 is 0 Å². The molecule has 4 aromatic rings. The largest absolute Gasteiger partial charge is 0.320 e. The summed E-state index contributed by atoms with van der Waals surface area (Å²) in [4.78, 5) is 8.83. The van der Waals surface area contributed by atoms with Crippen molar-refractivity contribution in [2.75, 3.05) is 5.32 Å². The van der Waals surface area contributed by atoms with Gasteiger partial charge in [0, 0.05) is 50.5 Å². The predicted octanol–water partition coefficient (Wildman–Crippen LogP) is 4.05. The predicted molar refractivity (Wildman–Crippen MR) is 109 cm³/mol. The number of imidazole rings is 1. The van der Waals surface area contributed by atoms with Crippen molar-refractivity contribution in [1.82, 2.24) is 33.9 Å². The first kappa shape index (κ1) is 20.2. The van der Waals surface area contributed by atoms with Gasteiger partial charge in [0.05, 0.1) is 18.1 Å². The van der Waals surface area contributed by atoms with Gasteiger partial charge in [-0.2, -0.15) is 10.2 Å². The van der Waals surface area contributed by atoms with Gasteiger partial charge in [0.1, 0.15) is 0 Å². The Morgan fingerprint density at radius 1 is 1.00 bits per heavy atom. The maximum atomic E-state index is 4.47. The molecular weight excluding hydrogens is 340 g/mol. The number of rotatable bonds is 3. The van der Waals surface area contributed by atoms with Crippen molar-refractivity contribution in [3.8, 4) is 11.3 Å². The van der Waals surface area contributed by atoms with Crippen molar-refractivity contribution in [3.63, 3.8) is 0 Å². The van der Waals surface area contributed by atoms with Crippen LogP contribution in [0.25, 0.3) is 16.9 Å². The van der Waals surface area contributed by atoms with Gasteiger partial charge in [-0.25, -0.2) is 9.97 Å². The van der Waals surface area contributed by atoms with Gasteiger partial charge in [-0.05, 0) is 0 Å². The molecule has 0 fully saturated rings. The van der Waals surface area contributed by atoms with E-state index >= 15 is 0 Å². The Morgan fingerprint density at radius 2 is 1.74 bits per heavy atom. The number of anilines is 2. The summed E-state index contributed by atoms with van der Waals surface area (Å²) >= 11 is 0. The smallest absolute Gasteiger partial charge is 0.180 e. The molecule has 0 aromatic carbocycles. The van der Waals surface area contributed by atoms with Crippen LogP contribution in [0.15, 0.2) is 43.2 Å². The van der Waals surface area contributed by atoms with E-state index in [-0.39, 0.29) is 0 Å². The van der Waals surface area contributed by atoms with Crippen LogP contribution in [0.2, 0.25) is 0 Å². The second-order valence-corrected chi connectivity index (χ2v) is 5.72. The van der Waals surface area contributed by atoms with Crippen LogP contribution < -0.4 is 5.32 Å². The third kappa shape index (κ3) is 4.72. The Morgan fingerprint density at radius 3 is 2.33 bits per heavy atom. The highest BCUT2D eigenvalue weighted by atomic mass is 15.3. The maximum Gasteiger partial charge on any atom is 0.180 e. The standard InChI is InChI=1S/C14H14N8.C3H8.C2H6/c1-20-5-3-12(19-20)18-13-14-16-8-11(22(14)6-4-15-13)10-7-17-21(2)9-10;1-3-2;1-2/h3-9H,1-2H3,(H,15,18,19);3H2,1-2H3;1-2H3. The molecule has 0 amide bonds. The fourth-order valence-electron chi connectivity index (χ4n) is 2.38. The van der Waals surface area contributed by atoms with Crippen LogP contribution in [-0.2, 0) is 14.1 Å². The van der Waals surface area contributed by atoms with Crippen molar-refractivity contribution < 1.29 is 0 Å². The van der Waals surface area contributed by atoms with E-state index in [9.17, 15) is 0 Å². The fourth-order valence-corrected chi connectivity index (χ4v) is 2.38. The van der Waals surface area contributed by atoms with Crippen molar-refractivity contribution >= 4 is 17.3 Å². The van der Waals surface area contributed by atoms with Crippen LogP contribution in [-0.4, -0.2) is 33.9 Å². The first-order valence-corrected chi connectivity index (χ1v) is 9.20. The molecule has 144 valence electrons. The van der Waals surface area contributed by atoms with Gasteiger partial charge in [-0.3, -0.25) is 13.8 Å². The molecule has 4 heterocycles. The summed E-state index contributed by atoms with van der Waals surface area (Å²) in [5.41, 5.74) is 2.71. The van der Waals surface area contributed by atoms with E-state index in [1.54, 1.807) is 15.6 Å². The van der Waals surface area contributed by atoms with Crippen LogP contribution in [0.5, 0.6) is 0 Å². The van der Waals surface area contributed by atoms with E-state index in [0.717, 1.165) is 22.7 Å². The highest BCUT2D eigenvalue weighted by molar-refractivity contribution is 5.72. The number of hydrogen-bond acceptors (Lipinski definition) is 5. The highest BCUT2D eigenvalue weighted by Crippen LogP contribution is 2.24. The number of nitrogens with one attached hydrogen (secondary N) is 1.